The number of para-hydroxylation sites is 1. The molecule has 1 saturated carbocycles. The number of hydrogen-bond donors (Lipinski definition) is 2. The Labute approximate surface area is 195 Å². The fourth-order valence-electron chi connectivity index (χ4n) is 4.03. The summed E-state index contributed by atoms with van der Waals surface area (Å²) in [5.41, 5.74) is 0.828. The maximum atomic E-state index is 13.1. The molecule has 0 radical (unpaired) electrons. The number of benzene rings is 2. The molecule has 3 aromatic rings. The first-order chi connectivity index (χ1) is 16.0. The Bertz CT molecular complexity index is 1390. The van der Waals surface area contributed by atoms with Crippen molar-refractivity contribution in [1.29, 1.82) is 0 Å². The molecule has 180 valence electrons. The zero-order valence-corrected chi connectivity index (χ0v) is 19.4. The summed E-state index contributed by atoms with van der Waals surface area (Å²) in [5, 5.41) is 2.77. The number of anilines is 2. The highest BCUT2D eigenvalue weighted by Crippen LogP contribution is 2.43. The van der Waals surface area contributed by atoms with Crippen molar-refractivity contribution in [3.05, 3.63) is 76.2 Å². The number of nitrogens with zero attached hydrogens (tertiary/aromatic N) is 2. The molecule has 1 aliphatic carbocycles. The van der Waals surface area contributed by atoms with Crippen molar-refractivity contribution in [3.63, 3.8) is 0 Å². The number of aromatic nitrogens is 2. The molecule has 2 N–H and O–H groups in total. The first kappa shape index (κ1) is 23.7. The standard InChI is InChI=1S/C23H24F2N4O4S/c1-15-20(27-34(32,33)14-16-12-23(24,25)13-16)22(31)29(28(15)2)19-10-6-7-17(11-19)21(30)26-18-8-4-3-5-9-18/h3-11,16,27H,12-14H2,1-2H3,(H,26,30). The van der Waals surface area contributed by atoms with E-state index in [-0.39, 0.29) is 11.6 Å². The van der Waals surface area contributed by atoms with Crippen LogP contribution in [0.25, 0.3) is 5.69 Å². The zero-order valence-electron chi connectivity index (χ0n) is 18.6. The fourth-order valence-corrected chi connectivity index (χ4v) is 5.52. The Hall–Kier alpha value is -3.47. The Kier molecular flexibility index (Phi) is 6.07. The lowest BCUT2D eigenvalue weighted by atomic mass is 9.83. The number of halogens is 2. The molecule has 34 heavy (non-hydrogen) atoms. The van der Waals surface area contributed by atoms with Crippen LogP contribution in [0, 0.1) is 12.8 Å². The summed E-state index contributed by atoms with van der Waals surface area (Å²) in [6, 6.07) is 15.3. The summed E-state index contributed by atoms with van der Waals surface area (Å²) < 4.78 is 56.2. The highest BCUT2D eigenvalue weighted by molar-refractivity contribution is 7.92. The van der Waals surface area contributed by atoms with Crippen LogP contribution in [0.2, 0.25) is 0 Å². The van der Waals surface area contributed by atoms with Crippen LogP contribution in [-0.2, 0) is 17.1 Å². The first-order valence-electron chi connectivity index (χ1n) is 10.6. The number of rotatable bonds is 7. The number of carbonyl (C=O) groups is 1. The van der Waals surface area contributed by atoms with Gasteiger partial charge in [0.05, 0.1) is 17.1 Å². The minimum atomic E-state index is -4.01. The van der Waals surface area contributed by atoms with Crippen LogP contribution in [-0.4, -0.2) is 35.4 Å². The van der Waals surface area contributed by atoms with Crippen molar-refractivity contribution < 1.29 is 22.0 Å². The van der Waals surface area contributed by atoms with Gasteiger partial charge in [-0.15, -0.1) is 0 Å². The van der Waals surface area contributed by atoms with E-state index in [1.165, 1.54) is 15.4 Å². The molecule has 1 aromatic heterocycles. The normalized spacial score (nSPS) is 15.5. The van der Waals surface area contributed by atoms with Crippen molar-refractivity contribution in [3.8, 4) is 5.69 Å². The van der Waals surface area contributed by atoms with Gasteiger partial charge in [-0.2, -0.15) is 0 Å². The van der Waals surface area contributed by atoms with Crippen LogP contribution in [0.3, 0.4) is 0 Å². The number of sulfonamides is 1. The summed E-state index contributed by atoms with van der Waals surface area (Å²) in [4.78, 5) is 25.8. The van der Waals surface area contributed by atoms with E-state index in [2.05, 4.69) is 10.0 Å². The molecule has 0 atom stereocenters. The minimum absolute atomic E-state index is 0.160. The second-order valence-electron chi connectivity index (χ2n) is 8.49. The fraction of sp³-hybridized carbons (Fsp3) is 0.304. The van der Waals surface area contributed by atoms with E-state index in [9.17, 15) is 26.8 Å². The Morgan fingerprint density at radius 1 is 1.12 bits per heavy atom. The molecule has 1 heterocycles. The van der Waals surface area contributed by atoms with E-state index in [4.69, 9.17) is 0 Å². The average molecular weight is 491 g/mol. The molecule has 0 aliphatic heterocycles. The van der Waals surface area contributed by atoms with Gasteiger partial charge in [0.15, 0.2) is 0 Å². The SMILES string of the molecule is Cc1c(NS(=O)(=O)CC2CC(F)(F)C2)c(=O)n(-c2cccc(C(=O)Nc3ccccc3)c2)n1C. The van der Waals surface area contributed by atoms with Crippen LogP contribution in [0.4, 0.5) is 20.2 Å². The van der Waals surface area contributed by atoms with Crippen LogP contribution in [0.15, 0.2) is 59.4 Å². The molecular formula is C23H24F2N4O4S. The number of amides is 1. The average Bonchev–Trinajstić information content (AvgIpc) is 2.96. The van der Waals surface area contributed by atoms with Crippen molar-refractivity contribution in [1.82, 2.24) is 9.36 Å². The van der Waals surface area contributed by atoms with Gasteiger partial charge < -0.3 is 5.32 Å². The van der Waals surface area contributed by atoms with Crippen molar-refractivity contribution in [2.45, 2.75) is 25.7 Å². The molecule has 11 heteroatoms. The van der Waals surface area contributed by atoms with Gasteiger partial charge in [0.1, 0.15) is 5.69 Å². The van der Waals surface area contributed by atoms with Gasteiger partial charge >= 0.3 is 0 Å². The third kappa shape index (κ3) is 4.89. The first-order valence-corrected chi connectivity index (χ1v) is 12.2. The van der Waals surface area contributed by atoms with E-state index >= 15 is 0 Å². The van der Waals surface area contributed by atoms with Crippen LogP contribution in [0.1, 0.15) is 28.9 Å². The van der Waals surface area contributed by atoms with Crippen LogP contribution < -0.4 is 15.6 Å². The molecule has 8 nitrogen and oxygen atoms in total. The van der Waals surface area contributed by atoms with E-state index in [0.717, 1.165) is 0 Å². The third-order valence-electron chi connectivity index (χ3n) is 5.83. The van der Waals surface area contributed by atoms with Gasteiger partial charge in [-0.05, 0) is 43.2 Å². The molecule has 0 spiro atoms. The summed E-state index contributed by atoms with van der Waals surface area (Å²) >= 11 is 0. The summed E-state index contributed by atoms with van der Waals surface area (Å²) in [7, 11) is -2.42. The Morgan fingerprint density at radius 2 is 1.79 bits per heavy atom. The number of hydrogen-bond acceptors (Lipinski definition) is 4. The van der Waals surface area contributed by atoms with Gasteiger partial charge in [0, 0.05) is 31.1 Å². The number of nitrogens with one attached hydrogen (secondary N) is 2. The molecule has 4 rings (SSSR count). The van der Waals surface area contributed by atoms with Crippen molar-refractivity contribution >= 4 is 27.3 Å². The summed E-state index contributed by atoms with van der Waals surface area (Å²) in [6.07, 6.45) is -0.965. The molecular weight excluding hydrogens is 466 g/mol. The molecule has 0 saturated heterocycles. The second kappa shape index (κ2) is 8.71. The predicted molar refractivity (Wildman–Crippen MR) is 125 cm³/mol. The van der Waals surface area contributed by atoms with Crippen LogP contribution >= 0.6 is 0 Å². The minimum Gasteiger partial charge on any atom is -0.322 e. The highest BCUT2D eigenvalue weighted by atomic mass is 32.2. The molecule has 1 fully saturated rings. The Balaban J connectivity index is 1.59. The van der Waals surface area contributed by atoms with E-state index in [1.54, 1.807) is 56.4 Å². The lowest BCUT2D eigenvalue weighted by Gasteiger charge is -2.34. The number of alkyl halides is 2. The maximum Gasteiger partial charge on any atom is 0.296 e. The smallest absolute Gasteiger partial charge is 0.296 e. The molecule has 0 bridgehead atoms. The topological polar surface area (TPSA) is 102 Å². The van der Waals surface area contributed by atoms with Gasteiger partial charge in [-0.25, -0.2) is 21.9 Å². The monoisotopic (exact) mass is 490 g/mol. The molecule has 1 aliphatic rings. The van der Waals surface area contributed by atoms with Crippen molar-refractivity contribution in [2.75, 3.05) is 15.8 Å². The van der Waals surface area contributed by atoms with E-state index < -0.39 is 46.0 Å². The molecule has 1 amide bonds. The second-order valence-corrected chi connectivity index (χ2v) is 10.3. The maximum absolute atomic E-state index is 13.1. The van der Waals surface area contributed by atoms with Gasteiger partial charge in [-0.3, -0.25) is 19.0 Å². The quantitative estimate of drug-likeness (QED) is 0.529. The van der Waals surface area contributed by atoms with Gasteiger partial charge in [0.25, 0.3) is 11.5 Å². The van der Waals surface area contributed by atoms with Crippen molar-refractivity contribution in [2.24, 2.45) is 13.0 Å². The molecule has 0 unspecified atom stereocenters. The zero-order chi connectivity index (χ0) is 24.7. The van der Waals surface area contributed by atoms with Gasteiger partial charge in [0.2, 0.25) is 15.9 Å². The Morgan fingerprint density at radius 3 is 2.44 bits per heavy atom. The third-order valence-corrected chi connectivity index (χ3v) is 7.25. The summed E-state index contributed by atoms with van der Waals surface area (Å²) in [6.45, 7) is 1.57. The number of carbonyl (C=O) groups excluding carboxylic acids is 1. The van der Waals surface area contributed by atoms with Gasteiger partial charge in [-0.1, -0.05) is 24.3 Å². The highest BCUT2D eigenvalue weighted by Gasteiger charge is 2.46. The summed E-state index contributed by atoms with van der Waals surface area (Å²) in [5.74, 6) is -4.33. The largest absolute Gasteiger partial charge is 0.322 e. The lowest BCUT2D eigenvalue weighted by molar-refractivity contribution is -0.103. The van der Waals surface area contributed by atoms with Crippen LogP contribution in [0.5, 0.6) is 0 Å². The van der Waals surface area contributed by atoms with E-state index in [1.807, 2.05) is 6.07 Å². The van der Waals surface area contributed by atoms with E-state index in [0.29, 0.717) is 22.6 Å². The lowest BCUT2D eigenvalue weighted by Crippen LogP contribution is -2.40. The predicted octanol–water partition coefficient (Wildman–Crippen LogP) is 3.52. The molecule has 2 aromatic carbocycles.